The molecule has 2 aromatic carbocycles. The van der Waals surface area contributed by atoms with E-state index in [0.717, 1.165) is 15.8 Å². The van der Waals surface area contributed by atoms with Gasteiger partial charge in [0.25, 0.3) is 0 Å². The Morgan fingerprint density at radius 1 is 0.700 bits per heavy atom. The number of rotatable bonds is 3. The van der Waals surface area contributed by atoms with Gasteiger partial charge in [0.15, 0.2) is 0 Å². The highest BCUT2D eigenvalue weighted by Gasteiger charge is 2.13. The Labute approximate surface area is 126 Å². The Kier molecular flexibility index (Phi) is 3.74. The van der Waals surface area contributed by atoms with Crippen LogP contribution in [0.4, 0.5) is 17.3 Å². The molecule has 0 saturated carbocycles. The molecule has 3 aromatic rings. The lowest BCUT2D eigenvalue weighted by Crippen LogP contribution is -2.12. The van der Waals surface area contributed by atoms with Crippen molar-refractivity contribution in [1.82, 2.24) is 9.97 Å². The van der Waals surface area contributed by atoms with Crippen LogP contribution in [0.5, 0.6) is 0 Å². The summed E-state index contributed by atoms with van der Waals surface area (Å²) in [6.45, 7) is 0. The molecule has 0 N–H and O–H groups in total. The molecule has 0 aliphatic rings. The lowest BCUT2D eigenvalue weighted by Gasteiger charge is -2.22. The van der Waals surface area contributed by atoms with Gasteiger partial charge in [-0.3, -0.25) is 4.90 Å². The maximum atomic E-state index is 4.36. The van der Waals surface area contributed by atoms with Crippen molar-refractivity contribution in [3.8, 4) is 0 Å². The molecule has 0 radical (unpaired) electrons. The summed E-state index contributed by atoms with van der Waals surface area (Å²) in [7, 11) is 0. The van der Waals surface area contributed by atoms with Crippen LogP contribution in [0.2, 0.25) is 0 Å². The molecule has 0 fully saturated rings. The van der Waals surface area contributed by atoms with Crippen LogP contribution in [0.1, 0.15) is 0 Å². The second kappa shape index (κ2) is 5.84. The first-order valence-corrected chi connectivity index (χ1v) is 7.02. The monoisotopic (exact) mass is 325 g/mol. The number of benzene rings is 2. The number of hydrogen-bond donors (Lipinski definition) is 0. The van der Waals surface area contributed by atoms with Crippen LogP contribution in [0.15, 0.2) is 77.5 Å². The molecule has 1 heterocycles. The molecule has 1 aromatic heterocycles. The third kappa shape index (κ3) is 2.70. The molecular weight excluding hydrogens is 314 g/mol. The van der Waals surface area contributed by atoms with Crippen LogP contribution >= 0.6 is 15.9 Å². The Bertz CT molecular complexity index is 630. The molecule has 0 atom stereocenters. The highest BCUT2D eigenvalue weighted by Crippen LogP contribution is 2.31. The average molecular weight is 326 g/mol. The molecule has 0 amide bonds. The lowest BCUT2D eigenvalue weighted by atomic mass is 10.2. The Balaban J connectivity index is 2.11. The van der Waals surface area contributed by atoms with E-state index < -0.39 is 0 Å². The van der Waals surface area contributed by atoms with Crippen molar-refractivity contribution >= 4 is 33.3 Å². The third-order valence-corrected chi connectivity index (χ3v) is 3.38. The van der Waals surface area contributed by atoms with Gasteiger partial charge in [0.2, 0.25) is 5.95 Å². The van der Waals surface area contributed by atoms with Crippen LogP contribution in [0.3, 0.4) is 0 Å². The quantitative estimate of drug-likeness (QED) is 0.698. The fourth-order valence-electron chi connectivity index (χ4n) is 1.95. The number of nitrogens with zero attached hydrogens (tertiary/aromatic N) is 3. The lowest BCUT2D eigenvalue weighted by molar-refractivity contribution is 1.08. The summed E-state index contributed by atoms with van der Waals surface area (Å²) in [5, 5.41) is 0. The van der Waals surface area contributed by atoms with Crippen LogP contribution in [0.25, 0.3) is 0 Å². The van der Waals surface area contributed by atoms with Gasteiger partial charge in [0.05, 0.1) is 0 Å². The molecule has 0 aliphatic carbocycles. The van der Waals surface area contributed by atoms with E-state index in [9.17, 15) is 0 Å². The molecule has 4 heteroatoms. The summed E-state index contributed by atoms with van der Waals surface area (Å²) in [4.78, 5) is 10.7. The van der Waals surface area contributed by atoms with E-state index in [4.69, 9.17) is 0 Å². The Hall–Kier alpha value is -2.20. The predicted molar refractivity (Wildman–Crippen MR) is 84.4 cm³/mol. The van der Waals surface area contributed by atoms with Crippen molar-refractivity contribution in [3.05, 3.63) is 77.5 Å². The van der Waals surface area contributed by atoms with Crippen molar-refractivity contribution < 1.29 is 0 Å². The van der Waals surface area contributed by atoms with Crippen molar-refractivity contribution in [2.24, 2.45) is 0 Å². The van der Waals surface area contributed by atoms with Gasteiger partial charge in [-0.2, -0.15) is 0 Å². The summed E-state index contributed by atoms with van der Waals surface area (Å²) >= 11 is 3.46. The van der Waals surface area contributed by atoms with Crippen molar-refractivity contribution in [2.45, 2.75) is 0 Å². The third-order valence-electron chi connectivity index (χ3n) is 2.85. The molecule has 3 nitrogen and oxygen atoms in total. The topological polar surface area (TPSA) is 29.0 Å². The number of para-hydroxylation sites is 1. The maximum absolute atomic E-state index is 4.36. The average Bonchev–Trinajstić information content (AvgIpc) is 2.52. The first-order valence-electron chi connectivity index (χ1n) is 6.22. The zero-order chi connectivity index (χ0) is 13.8. The molecule has 0 saturated heterocycles. The van der Waals surface area contributed by atoms with Crippen LogP contribution < -0.4 is 4.90 Å². The van der Waals surface area contributed by atoms with E-state index in [1.54, 1.807) is 12.4 Å². The van der Waals surface area contributed by atoms with E-state index >= 15 is 0 Å². The Morgan fingerprint density at radius 2 is 1.30 bits per heavy atom. The number of aromatic nitrogens is 2. The second-order valence-corrected chi connectivity index (χ2v) is 5.11. The number of anilines is 3. The summed E-state index contributed by atoms with van der Waals surface area (Å²) in [6.07, 6.45) is 3.49. The summed E-state index contributed by atoms with van der Waals surface area (Å²) in [5.74, 6) is 0.654. The van der Waals surface area contributed by atoms with Gasteiger partial charge in [0, 0.05) is 28.2 Å². The highest BCUT2D eigenvalue weighted by molar-refractivity contribution is 9.10. The number of hydrogen-bond acceptors (Lipinski definition) is 3. The van der Waals surface area contributed by atoms with Crippen molar-refractivity contribution in [1.29, 1.82) is 0 Å². The Morgan fingerprint density at radius 3 is 1.95 bits per heavy atom. The fraction of sp³-hybridized carbons (Fsp3) is 0. The number of halogens is 1. The van der Waals surface area contributed by atoms with Crippen LogP contribution in [0, 0.1) is 0 Å². The zero-order valence-corrected chi connectivity index (χ0v) is 12.2. The first kappa shape index (κ1) is 12.8. The molecule has 0 unspecified atom stereocenters. The summed E-state index contributed by atoms with van der Waals surface area (Å²) < 4.78 is 1.04. The van der Waals surface area contributed by atoms with Gasteiger partial charge in [-0.15, -0.1) is 0 Å². The van der Waals surface area contributed by atoms with Gasteiger partial charge >= 0.3 is 0 Å². The molecular formula is C16H12BrN3. The van der Waals surface area contributed by atoms with E-state index in [1.807, 2.05) is 65.6 Å². The molecule has 3 rings (SSSR count). The second-order valence-electron chi connectivity index (χ2n) is 4.20. The van der Waals surface area contributed by atoms with Gasteiger partial charge < -0.3 is 0 Å². The van der Waals surface area contributed by atoms with Crippen molar-refractivity contribution in [2.75, 3.05) is 4.90 Å². The zero-order valence-electron chi connectivity index (χ0n) is 10.6. The van der Waals surface area contributed by atoms with E-state index in [2.05, 4.69) is 25.9 Å². The molecule has 98 valence electrons. The first-order chi connectivity index (χ1) is 9.84. The van der Waals surface area contributed by atoms with E-state index in [-0.39, 0.29) is 0 Å². The molecule has 0 bridgehead atoms. The van der Waals surface area contributed by atoms with E-state index in [0.29, 0.717) is 5.95 Å². The standard InChI is InChI=1S/C16H12BrN3/c17-13-7-9-15(10-8-13)20(14-5-2-1-3-6-14)16-18-11-4-12-19-16/h1-12H. The van der Waals surface area contributed by atoms with E-state index in [1.165, 1.54) is 0 Å². The van der Waals surface area contributed by atoms with Gasteiger partial charge in [-0.05, 0) is 42.5 Å². The minimum Gasteiger partial charge on any atom is -0.279 e. The van der Waals surface area contributed by atoms with Gasteiger partial charge in [-0.1, -0.05) is 34.1 Å². The van der Waals surface area contributed by atoms with Crippen LogP contribution in [-0.2, 0) is 0 Å². The highest BCUT2D eigenvalue weighted by atomic mass is 79.9. The summed E-state index contributed by atoms with van der Waals surface area (Å²) in [5.41, 5.74) is 2.05. The molecule has 0 aliphatic heterocycles. The maximum Gasteiger partial charge on any atom is 0.234 e. The molecule has 20 heavy (non-hydrogen) atoms. The normalized spacial score (nSPS) is 10.2. The predicted octanol–water partition coefficient (Wildman–Crippen LogP) is 4.71. The SMILES string of the molecule is Brc1ccc(N(c2ccccc2)c2ncccn2)cc1. The summed E-state index contributed by atoms with van der Waals surface area (Å²) in [6, 6.07) is 20.0. The van der Waals surface area contributed by atoms with Crippen LogP contribution in [-0.4, -0.2) is 9.97 Å². The minimum absolute atomic E-state index is 0.654. The molecule has 0 spiro atoms. The smallest absolute Gasteiger partial charge is 0.234 e. The van der Waals surface area contributed by atoms with Gasteiger partial charge in [0.1, 0.15) is 0 Å². The minimum atomic E-state index is 0.654. The van der Waals surface area contributed by atoms with Gasteiger partial charge in [-0.25, -0.2) is 9.97 Å². The van der Waals surface area contributed by atoms with Crippen molar-refractivity contribution in [3.63, 3.8) is 0 Å². The fourth-order valence-corrected chi connectivity index (χ4v) is 2.22. The largest absolute Gasteiger partial charge is 0.279 e.